The molecule has 3 unspecified atom stereocenters. The first-order valence-corrected chi connectivity index (χ1v) is 6.26. The number of ether oxygens (including phenoxy) is 1. The Balaban J connectivity index is 2.50. The number of nitrogens with one attached hydrogen (secondary N) is 1. The predicted octanol–water partition coefficient (Wildman–Crippen LogP) is 1.22. The Hall–Kier alpha value is -0.610. The van der Waals surface area contributed by atoms with Crippen molar-refractivity contribution in [3.63, 3.8) is 0 Å². The number of amides is 1. The van der Waals surface area contributed by atoms with Gasteiger partial charge in [-0.15, -0.1) is 0 Å². The lowest BCUT2D eigenvalue weighted by Gasteiger charge is -2.20. The highest BCUT2D eigenvalue weighted by atomic mass is 16.5. The Morgan fingerprint density at radius 2 is 2.19 bits per heavy atom. The van der Waals surface area contributed by atoms with E-state index in [0.717, 1.165) is 6.42 Å². The largest absolute Gasteiger partial charge is 0.380 e. The van der Waals surface area contributed by atoms with Gasteiger partial charge in [-0.05, 0) is 19.8 Å². The minimum Gasteiger partial charge on any atom is -0.380 e. The minimum atomic E-state index is -0.0124. The second kappa shape index (κ2) is 6.21. The Bertz CT molecular complexity index is 233. The average Bonchev–Trinajstić information content (AvgIpc) is 2.56. The number of hydrogen-bond donors (Lipinski definition) is 1. The summed E-state index contributed by atoms with van der Waals surface area (Å²) in [5.74, 6) is 0.619. The summed E-state index contributed by atoms with van der Waals surface area (Å²) in [6.45, 7) is 10.3. The fourth-order valence-electron chi connectivity index (χ4n) is 2.05. The number of carbonyl (C=O) groups excluding carboxylic acids is 1. The molecule has 1 amide bonds. The van der Waals surface area contributed by atoms with Crippen molar-refractivity contribution in [2.75, 3.05) is 19.8 Å². The van der Waals surface area contributed by atoms with Gasteiger partial charge < -0.3 is 9.64 Å². The summed E-state index contributed by atoms with van der Waals surface area (Å²) < 4.78 is 5.29. The van der Waals surface area contributed by atoms with E-state index in [1.165, 1.54) is 0 Å². The van der Waals surface area contributed by atoms with Gasteiger partial charge in [-0.1, -0.05) is 20.3 Å². The molecule has 4 nitrogen and oxygen atoms in total. The molecule has 1 rings (SSSR count). The van der Waals surface area contributed by atoms with Crippen LogP contribution in [0.3, 0.4) is 0 Å². The summed E-state index contributed by atoms with van der Waals surface area (Å²) in [6.07, 6.45) is 1.15. The van der Waals surface area contributed by atoms with Crippen molar-refractivity contribution in [1.29, 1.82) is 0 Å². The van der Waals surface area contributed by atoms with E-state index in [-0.39, 0.29) is 18.1 Å². The van der Waals surface area contributed by atoms with Gasteiger partial charge in [0.2, 0.25) is 5.91 Å². The molecule has 0 radical (unpaired) electrons. The lowest BCUT2D eigenvalue weighted by molar-refractivity contribution is -0.131. The summed E-state index contributed by atoms with van der Waals surface area (Å²) in [5.41, 5.74) is 0. The van der Waals surface area contributed by atoms with Crippen molar-refractivity contribution in [3.8, 4) is 0 Å². The maximum Gasteiger partial charge on any atom is 0.241 e. The van der Waals surface area contributed by atoms with Gasteiger partial charge in [0.05, 0.1) is 18.8 Å². The van der Waals surface area contributed by atoms with Crippen LogP contribution in [0.5, 0.6) is 0 Å². The number of hydrogen-bond acceptors (Lipinski definition) is 3. The van der Waals surface area contributed by atoms with Gasteiger partial charge >= 0.3 is 0 Å². The Kier molecular flexibility index (Phi) is 5.22. The van der Waals surface area contributed by atoms with Crippen LogP contribution in [0.4, 0.5) is 0 Å². The first kappa shape index (κ1) is 13.5. The summed E-state index contributed by atoms with van der Waals surface area (Å²) in [7, 11) is 0. The Morgan fingerprint density at radius 3 is 2.75 bits per heavy atom. The topological polar surface area (TPSA) is 41.6 Å². The molecule has 0 aromatic carbocycles. The van der Waals surface area contributed by atoms with Crippen LogP contribution in [-0.4, -0.2) is 42.8 Å². The van der Waals surface area contributed by atoms with Crippen LogP contribution in [0.25, 0.3) is 0 Å². The number of rotatable bonds is 6. The fraction of sp³-hybridized carbons (Fsp3) is 0.917. The first-order valence-electron chi connectivity index (χ1n) is 6.26. The van der Waals surface area contributed by atoms with Crippen molar-refractivity contribution < 1.29 is 9.53 Å². The van der Waals surface area contributed by atoms with Gasteiger partial charge in [0.15, 0.2) is 0 Å². The van der Waals surface area contributed by atoms with E-state index >= 15 is 0 Å². The zero-order chi connectivity index (χ0) is 12.1. The molecule has 94 valence electrons. The summed E-state index contributed by atoms with van der Waals surface area (Å²) in [5, 5.41) is 3.35. The van der Waals surface area contributed by atoms with E-state index < -0.39 is 0 Å². The number of carbonyl (C=O) groups is 1. The third kappa shape index (κ3) is 2.95. The maximum absolute atomic E-state index is 12.1. The molecule has 0 aromatic rings. The second-order valence-electron chi connectivity index (χ2n) is 4.43. The minimum absolute atomic E-state index is 0.0124. The van der Waals surface area contributed by atoms with Crippen LogP contribution in [0.2, 0.25) is 0 Å². The van der Waals surface area contributed by atoms with Crippen molar-refractivity contribution in [2.24, 2.45) is 5.92 Å². The van der Waals surface area contributed by atoms with Gasteiger partial charge in [0, 0.05) is 13.2 Å². The SMILES string of the molecule is CCOCCN1C(=O)C(C(C)CC)NC1C. The van der Waals surface area contributed by atoms with Gasteiger partial charge in [-0.25, -0.2) is 0 Å². The molecule has 0 spiro atoms. The molecule has 1 N–H and O–H groups in total. The molecule has 1 aliphatic rings. The molecule has 1 fully saturated rings. The lowest BCUT2D eigenvalue weighted by atomic mass is 9.99. The second-order valence-corrected chi connectivity index (χ2v) is 4.43. The normalized spacial score (nSPS) is 27.5. The quantitative estimate of drug-likeness (QED) is 0.695. The van der Waals surface area contributed by atoms with E-state index in [0.29, 0.717) is 25.7 Å². The van der Waals surface area contributed by atoms with Crippen molar-refractivity contribution >= 4 is 5.91 Å². The average molecular weight is 228 g/mol. The zero-order valence-corrected chi connectivity index (χ0v) is 10.8. The molecule has 0 aliphatic carbocycles. The monoisotopic (exact) mass is 228 g/mol. The third-order valence-corrected chi connectivity index (χ3v) is 3.33. The Labute approximate surface area is 98.3 Å². The highest BCUT2D eigenvalue weighted by Gasteiger charge is 2.38. The van der Waals surface area contributed by atoms with Crippen LogP contribution in [0, 0.1) is 5.92 Å². The molecule has 0 saturated carbocycles. The van der Waals surface area contributed by atoms with Crippen molar-refractivity contribution in [1.82, 2.24) is 10.2 Å². The van der Waals surface area contributed by atoms with E-state index in [1.807, 2.05) is 18.7 Å². The van der Waals surface area contributed by atoms with E-state index in [2.05, 4.69) is 19.2 Å². The molecular weight excluding hydrogens is 204 g/mol. The van der Waals surface area contributed by atoms with Crippen LogP contribution in [-0.2, 0) is 9.53 Å². The van der Waals surface area contributed by atoms with Gasteiger partial charge in [0.1, 0.15) is 0 Å². The smallest absolute Gasteiger partial charge is 0.241 e. The van der Waals surface area contributed by atoms with Crippen molar-refractivity contribution in [3.05, 3.63) is 0 Å². The predicted molar refractivity (Wildman–Crippen MR) is 64.0 cm³/mol. The van der Waals surface area contributed by atoms with Crippen LogP contribution in [0.1, 0.15) is 34.1 Å². The van der Waals surface area contributed by atoms with Crippen molar-refractivity contribution in [2.45, 2.75) is 46.3 Å². The summed E-state index contributed by atoms with van der Waals surface area (Å²) >= 11 is 0. The van der Waals surface area contributed by atoms with E-state index in [4.69, 9.17) is 4.74 Å². The molecule has 1 heterocycles. The molecule has 4 heteroatoms. The van der Waals surface area contributed by atoms with E-state index in [1.54, 1.807) is 0 Å². The lowest BCUT2D eigenvalue weighted by Crippen LogP contribution is -2.37. The van der Waals surface area contributed by atoms with Gasteiger partial charge in [-0.2, -0.15) is 0 Å². The zero-order valence-electron chi connectivity index (χ0n) is 10.8. The fourth-order valence-corrected chi connectivity index (χ4v) is 2.05. The van der Waals surface area contributed by atoms with Crippen LogP contribution in [0.15, 0.2) is 0 Å². The summed E-state index contributed by atoms with van der Waals surface area (Å²) in [6, 6.07) is -0.0124. The summed E-state index contributed by atoms with van der Waals surface area (Å²) in [4.78, 5) is 14.0. The highest BCUT2D eigenvalue weighted by molar-refractivity contribution is 5.84. The van der Waals surface area contributed by atoms with Crippen LogP contribution < -0.4 is 5.32 Å². The maximum atomic E-state index is 12.1. The van der Waals surface area contributed by atoms with Gasteiger partial charge in [0.25, 0.3) is 0 Å². The van der Waals surface area contributed by atoms with Crippen LogP contribution >= 0.6 is 0 Å². The molecule has 0 bridgehead atoms. The molecule has 1 saturated heterocycles. The molecule has 16 heavy (non-hydrogen) atoms. The standard InChI is InChI=1S/C12H24N2O2/c1-5-9(3)11-12(15)14(10(4)13-11)7-8-16-6-2/h9-11,13H,5-8H2,1-4H3. The molecule has 1 aliphatic heterocycles. The third-order valence-electron chi connectivity index (χ3n) is 3.33. The number of nitrogens with zero attached hydrogens (tertiary/aromatic N) is 1. The molecular formula is C12H24N2O2. The molecule has 3 atom stereocenters. The van der Waals surface area contributed by atoms with E-state index in [9.17, 15) is 4.79 Å². The highest BCUT2D eigenvalue weighted by Crippen LogP contribution is 2.18. The molecule has 0 aromatic heterocycles. The first-order chi connectivity index (χ1) is 7.61. The van der Waals surface area contributed by atoms with Gasteiger partial charge in [-0.3, -0.25) is 10.1 Å². The Morgan fingerprint density at radius 1 is 1.50 bits per heavy atom.